The summed E-state index contributed by atoms with van der Waals surface area (Å²) in [4.78, 5) is 51.4. The molecule has 0 saturated heterocycles. The van der Waals surface area contributed by atoms with Gasteiger partial charge in [-0.05, 0) is 67.4 Å². The van der Waals surface area contributed by atoms with Crippen molar-refractivity contribution in [1.29, 1.82) is 5.41 Å². The van der Waals surface area contributed by atoms with E-state index in [2.05, 4.69) is 10.6 Å². The van der Waals surface area contributed by atoms with E-state index >= 15 is 0 Å². The minimum absolute atomic E-state index is 0.0432. The molecule has 0 radical (unpaired) electrons. The summed E-state index contributed by atoms with van der Waals surface area (Å²) in [7, 11) is 0. The van der Waals surface area contributed by atoms with Crippen LogP contribution in [0.1, 0.15) is 54.8 Å². The maximum Gasteiger partial charge on any atom is 0.413 e. The van der Waals surface area contributed by atoms with Crippen LogP contribution in [0.25, 0.3) is 11.0 Å². The number of hydrogen-bond acceptors (Lipinski definition) is 8. The van der Waals surface area contributed by atoms with E-state index in [1.165, 1.54) is 11.0 Å². The van der Waals surface area contributed by atoms with Crippen molar-refractivity contribution in [2.24, 2.45) is 0 Å². The normalized spacial score (nSPS) is 10.6. The molecule has 4 rings (SSSR count). The highest BCUT2D eigenvalue weighted by Crippen LogP contribution is 2.24. The first kappa shape index (κ1) is 31.5. The molecule has 3 amide bonds. The summed E-state index contributed by atoms with van der Waals surface area (Å²) in [6.45, 7) is 3.77. The molecule has 0 bridgehead atoms. The summed E-state index contributed by atoms with van der Waals surface area (Å²) in [5, 5.41) is 14.0. The summed E-state index contributed by atoms with van der Waals surface area (Å²) in [6.07, 6.45) is 1.09. The second kappa shape index (κ2) is 15.1. The van der Waals surface area contributed by atoms with Gasteiger partial charge < -0.3 is 24.1 Å². The molecule has 11 nitrogen and oxygen atoms in total. The molecule has 0 unspecified atom stereocenters. The predicted molar refractivity (Wildman–Crippen MR) is 166 cm³/mol. The fraction of sp³-hybridized carbons (Fsp3) is 0.242. The summed E-state index contributed by atoms with van der Waals surface area (Å²) in [6, 6.07) is 22.1. The van der Waals surface area contributed by atoms with Crippen LogP contribution in [0, 0.1) is 5.41 Å². The van der Waals surface area contributed by atoms with Crippen LogP contribution in [-0.2, 0) is 25.7 Å². The lowest BCUT2D eigenvalue weighted by Crippen LogP contribution is -2.36. The highest BCUT2D eigenvalue weighted by molar-refractivity contribution is 6.08. The molecule has 11 heteroatoms. The molecule has 0 aliphatic heterocycles. The number of carbonyl (C=O) groups excluding carboxylic acids is 4. The molecule has 4 aromatic rings. The summed E-state index contributed by atoms with van der Waals surface area (Å²) < 4.78 is 15.9. The molecule has 1 heterocycles. The maximum atomic E-state index is 13.0. The number of esters is 1. The van der Waals surface area contributed by atoms with E-state index in [9.17, 15) is 19.2 Å². The average molecular weight is 599 g/mol. The van der Waals surface area contributed by atoms with Gasteiger partial charge in [0.05, 0.1) is 6.61 Å². The van der Waals surface area contributed by atoms with Gasteiger partial charge in [0.1, 0.15) is 24.6 Å². The van der Waals surface area contributed by atoms with E-state index in [1.807, 2.05) is 37.3 Å². The van der Waals surface area contributed by atoms with Gasteiger partial charge in [-0.1, -0.05) is 43.7 Å². The van der Waals surface area contributed by atoms with E-state index in [4.69, 9.17) is 19.3 Å². The molecule has 1 aromatic heterocycles. The third-order valence-corrected chi connectivity index (χ3v) is 6.54. The summed E-state index contributed by atoms with van der Waals surface area (Å²) in [5.41, 5.74) is 2.61. The molecule has 0 aliphatic carbocycles. The number of fused-ring (bicyclic) bond motifs is 1. The van der Waals surface area contributed by atoms with Crippen LogP contribution in [0.4, 0.5) is 16.2 Å². The number of anilines is 2. The SMILES string of the molecule is CCCCC(=O)N(CC(=O)OCC)c1ccc(NC(=O)c2cc3cc(C(=N)NC(=O)OCc4ccccc4)ccc3o2)cc1. The lowest BCUT2D eigenvalue weighted by atomic mass is 10.1. The van der Waals surface area contributed by atoms with Gasteiger partial charge >= 0.3 is 12.1 Å². The Morgan fingerprint density at radius 1 is 0.909 bits per heavy atom. The van der Waals surface area contributed by atoms with Gasteiger partial charge in [-0.2, -0.15) is 0 Å². The van der Waals surface area contributed by atoms with Crippen LogP contribution < -0.4 is 15.5 Å². The highest BCUT2D eigenvalue weighted by atomic mass is 16.5. The van der Waals surface area contributed by atoms with Crippen LogP contribution in [0.2, 0.25) is 0 Å². The Morgan fingerprint density at radius 2 is 1.66 bits per heavy atom. The molecule has 0 spiro atoms. The van der Waals surface area contributed by atoms with Gasteiger partial charge in [-0.25, -0.2) is 4.79 Å². The van der Waals surface area contributed by atoms with Crippen LogP contribution in [0.3, 0.4) is 0 Å². The van der Waals surface area contributed by atoms with E-state index in [1.54, 1.807) is 49.4 Å². The number of rotatable bonds is 12. The third-order valence-electron chi connectivity index (χ3n) is 6.54. The first-order valence-corrected chi connectivity index (χ1v) is 14.2. The number of amidine groups is 1. The first-order chi connectivity index (χ1) is 21.3. The van der Waals surface area contributed by atoms with E-state index < -0.39 is 18.0 Å². The van der Waals surface area contributed by atoms with Crippen molar-refractivity contribution in [3.63, 3.8) is 0 Å². The predicted octanol–water partition coefficient (Wildman–Crippen LogP) is 6.02. The van der Waals surface area contributed by atoms with Gasteiger partial charge in [-0.15, -0.1) is 0 Å². The lowest BCUT2D eigenvalue weighted by Gasteiger charge is -2.22. The number of alkyl carbamates (subject to hydrolysis) is 1. The standard InChI is InChI=1S/C33H34N4O7/c1-3-5-11-29(38)37(20-30(39)42-4-2)26-15-13-25(14-16-26)35-32(40)28-19-24-18-23(12-17-27(24)44-28)31(34)36-33(41)43-21-22-9-7-6-8-10-22/h6-10,12-19H,3-5,11,20-21H2,1-2H3,(H,35,40)(H2,34,36,41). The number of carbonyl (C=O) groups is 4. The smallest absolute Gasteiger partial charge is 0.413 e. The number of amides is 3. The van der Waals surface area contributed by atoms with Gasteiger partial charge in [0, 0.05) is 28.7 Å². The second-order valence-electron chi connectivity index (χ2n) is 9.81. The average Bonchev–Trinajstić information content (AvgIpc) is 3.46. The number of nitrogens with zero attached hydrogens (tertiary/aromatic N) is 1. The monoisotopic (exact) mass is 598 g/mol. The number of unbranched alkanes of at least 4 members (excludes halogenated alkanes) is 1. The summed E-state index contributed by atoms with van der Waals surface area (Å²) in [5.74, 6) is -1.32. The Kier molecular flexibility index (Phi) is 10.8. The molecular formula is C33H34N4O7. The van der Waals surface area contributed by atoms with Gasteiger partial charge in [0.2, 0.25) is 5.91 Å². The zero-order chi connectivity index (χ0) is 31.5. The van der Waals surface area contributed by atoms with E-state index in [0.717, 1.165) is 12.0 Å². The van der Waals surface area contributed by atoms with E-state index in [-0.39, 0.29) is 37.3 Å². The van der Waals surface area contributed by atoms with Crippen LogP contribution in [0.15, 0.2) is 83.3 Å². The zero-order valence-electron chi connectivity index (χ0n) is 24.6. The molecule has 0 aliphatic rings. The van der Waals surface area contributed by atoms with Gasteiger partial charge in [-0.3, -0.25) is 25.1 Å². The van der Waals surface area contributed by atoms with Crippen molar-refractivity contribution >= 4 is 52.1 Å². The summed E-state index contributed by atoms with van der Waals surface area (Å²) >= 11 is 0. The number of hydrogen-bond donors (Lipinski definition) is 3. The quantitative estimate of drug-likeness (QED) is 0.102. The van der Waals surface area contributed by atoms with Crippen LogP contribution >= 0.6 is 0 Å². The van der Waals surface area contributed by atoms with Crippen molar-refractivity contribution in [2.45, 2.75) is 39.7 Å². The van der Waals surface area contributed by atoms with Gasteiger partial charge in [0.15, 0.2) is 5.76 Å². The fourth-order valence-electron chi connectivity index (χ4n) is 4.28. The number of benzene rings is 3. The Labute approximate surface area is 254 Å². The Morgan fingerprint density at radius 3 is 2.36 bits per heavy atom. The van der Waals surface area contributed by atoms with Crippen molar-refractivity contribution < 1.29 is 33.1 Å². The maximum absolute atomic E-state index is 13.0. The first-order valence-electron chi connectivity index (χ1n) is 14.2. The van der Waals surface area contributed by atoms with Crippen LogP contribution in [-0.4, -0.2) is 42.9 Å². The molecule has 0 atom stereocenters. The highest BCUT2D eigenvalue weighted by Gasteiger charge is 2.20. The third kappa shape index (κ3) is 8.54. The molecule has 3 aromatic carbocycles. The molecule has 0 fully saturated rings. The Balaban J connectivity index is 1.38. The number of ether oxygens (including phenoxy) is 2. The minimum Gasteiger partial charge on any atom is -0.465 e. The van der Waals surface area contributed by atoms with Crippen molar-refractivity contribution in [1.82, 2.24) is 5.32 Å². The van der Waals surface area contributed by atoms with Gasteiger partial charge in [0.25, 0.3) is 5.91 Å². The number of furan rings is 1. The lowest BCUT2D eigenvalue weighted by molar-refractivity contribution is -0.142. The fourth-order valence-corrected chi connectivity index (χ4v) is 4.28. The molecule has 44 heavy (non-hydrogen) atoms. The second-order valence-corrected chi connectivity index (χ2v) is 9.81. The molecule has 228 valence electrons. The molecule has 0 saturated carbocycles. The zero-order valence-corrected chi connectivity index (χ0v) is 24.6. The van der Waals surface area contributed by atoms with Crippen molar-refractivity contribution in [2.75, 3.05) is 23.4 Å². The minimum atomic E-state index is -0.758. The molecular weight excluding hydrogens is 564 g/mol. The van der Waals surface area contributed by atoms with Crippen molar-refractivity contribution in [3.8, 4) is 0 Å². The van der Waals surface area contributed by atoms with Crippen molar-refractivity contribution in [3.05, 3.63) is 95.7 Å². The van der Waals surface area contributed by atoms with E-state index in [0.29, 0.717) is 40.7 Å². The Bertz CT molecular complexity index is 1630. The Hall–Kier alpha value is -5.45. The number of nitrogens with one attached hydrogen (secondary N) is 3. The largest absolute Gasteiger partial charge is 0.465 e. The topological polar surface area (TPSA) is 151 Å². The van der Waals surface area contributed by atoms with Crippen LogP contribution in [0.5, 0.6) is 0 Å². The molecule has 3 N–H and O–H groups in total.